The number of benzene rings is 1. The Morgan fingerprint density at radius 3 is 2.64 bits per heavy atom. The third-order valence-electron chi connectivity index (χ3n) is 3.68. The number of rotatable bonds is 6. The van der Waals surface area contributed by atoms with Crippen molar-refractivity contribution in [2.75, 3.05) is 19.0 Å². The van der Waals surface area contributed by atoms with Crippen LogP contribution in [0.1, 0.15) is 37.0 Å². The minimum absolute atomic E-state index is 0. The first-order valence-electron chi connectivity index (χ1n) is 8.00. The van der Waals surface area contributed by atoms with Crippen molar-refractivity contribution in [1.82, 2.24) is 0 Å². The summed E-state index contributed by atoms with van der Waals surface area (Å²) in [7, 11) is 1.30. The minimum Gasteiger partial charge on any atom is -0.489 e. The van der Waals surface area contributed by atoms with Gasteiger partial charge in [0, 0.05) is 6.54 Å². The highest BCUT2D eigenvalue weighted by molar-refractivity contribution is 5.98. The number of nitrogens with two attached hydrogens (primary N) is 1. The normalized spacial score (nSPS) is 19.2. The molecule has 0 spiro atoms. The van der Waals surface area contributed by atoms with Gasteiger partial charge in [-0.15, -0.1) is 12.4 Å². The number of hydrogen-bond acceptors (Lipinski definition) is 6. The van der Waals surface area contributed by atoms with Crippen molar-refractivity contribution in [2.45, 2.75) is 45.0 Å². The van der Waals surface area contributed by atoms with Gasteiger partial charge in [0.15, 0.2) is 0 Å². The number of ether oxygens (including phenoxy) is 3. The molecule has 3 N–H and O–H groups in total. The average molecular weight is 373 g/mol. The smallest absolute Gasteiger partial charge is 0.337 e. The first-order chi connectivity index (χ1) is 11.4. The van der Waals surface area contributed by atoms with E-state index in [0.29, 0.717) is 30.0 Å². The monoisotopic (exact) mass is 372 g/mol. The fourth-order valence-electron chi connectivity index (χ4n) is 2.51. The van der Waals surface area contributed by atoms with Crippen LogP contribution in [0.2, 0.25) is 0 Å². The summed E-state index contributed by atoms with van der Waals surface area (Å²) in [6, 6.07) is 4.77. The number of carbonyl (C=O) groups excluding carboxylic acids is 2. The van der Waals surface area contributed by atoms with Gasteiger partial charge < -0.3 is 25.3 Å². The van der Waals surface area contributed by atoms with Crippen molar-refractivity contribution < 1.29 is 23.8 Å². The highest BCUT2D eigenvalue weighted by Crippen LogP contribution is 2.29. The summed E-state index contributed by atoms with van der Waals surface area (Å²) in [5, 5.41) is 2.78. The molecule has 1 fully saturated rings. The lowest BCUT2D eigenvalue weighted by molar-refractivity contribution is -0.126. The number of methoxy groups -OCH3 is 1. The molecule has 2 atom stereocenters. The Hall–Kier alpha value is -1.83. The maximum Gasteiger partial charge on any atom is 0.337 e. The Morgan fingerprint density at radius 1 is 1.36 bits per heavy atom. The van der Waals surface area contributed by atoms with Crippen LogP contribution in [-0.4, -0.2) is 43.8 Å². The molecule has 0 saturated carbocycles. The zero-order valence-electron chi connectivity index (χ0n) is 14.6. The van der Waals surface area contributed by atoms with E-state index in [0.717, 1.165) is 6.42 Å². The largest absolute Gasteiger partial charge is 0.489 e. The lowest BCUT2D eigenvalue weighted by atomic mass is 10.1. The molecular formula is C17H25ClN2O5. The molecule has 0 radical (unpaired) electrons. The van der Waals surface area contributed by atoms with Crippen molar-refractivity contribution in [3.63, 3.8) is 0 Å². The first kappa shape index (κ1) is 21.2. The number of hydrogen-bond donors (Lipinski definition) is 2. The summed E-state index contributed by atoms with van der Waals surface area (Å²) in [5.74, 6) is -0.275. The van der Waals surface area contributed by atoms with E-state index < -0.39 is 12.1 Å². The van der Waals surface area contributed by atoms with Crippen LogP contribution in [0.25, 0.3) is 0 Å². The van der Waals surface area contributed by atoms with Crippen LogP contribution in [0, 0.1) is 0 Å². The Morgan fingerprint density at radius 2 is 2.08 bits per heavy atom. The summed E-state index contributed by atoms with van der Waals surface area (Å²) in [5.41, 5.74) is 6.31. The van der Waals surface area contributed by atoms with E-state index in [2.05, 4.69) is 5.32 Å². The van der Waals surface area contributed by atoms with Gasteiger partial charge in [0.05, 0.1) is 30.6 Å². The lowest BCUT2D eigenvalue weighted by Crippen LogP contribution is -2.30. The maximum atomic E-state index is 12.4. The molecule has 1 aromatic carbocycles. The van der Waals surface area contributed by atoms with Crippen molar-refractivity contribution in [3.8, 4) is 5.75 Å². The van der Waals surface area contributed by atoms with Crippen molar-refractivity contribution in [2.24, 2.45) is 5.73 Å². The minimum atomic E-state index is -0.549. The molecule has 25 heavy (non-hydrogen) atoms. The number of halogens is 1. The molecule has 140 valence electrons. The molecule has 2 rings (SSSR count). The third-order valence-corrected chi connectivity index (χ3v) is 3.68. The second kappa shape index (κ2) is 9.60. The van der Waals surface area contributed by atoms with Gasteiger partial charge >= 0.3 is 5.97 Å². The van der Waals surface area contributed by atoms with Crippen molar-refractivity contribution >= 4 is 30.0 Å². The summed E-state index contributed by atoms with van der Waals surface area (Å²) in [4.78, 5) is 24.1. The standard InChI is InChI=1S/C17H24N2O5.ClH/c1-10(2)23-14-6-4-11(17(21)22-3)8-13(14)19-16(20)15-7-5-12(9-18)24-15;/h4,6,8,10,12,15H,5,7,9,18H2,1-3H3,(H,19,20);1H/t12-,15+;/m1./s1. The van der Waals surface area contributed by atoms with Crippen LogP contribution in [0.5, 0.6) is 5.75 Å². The second-order valence-electron chi connectivity index (χ2n) is 5.92. The Balaban J connectivity index is 0.00000312. The third kappa shape index (κ3) is 5.59. The Labute approximate surface area is 153 Å². The molecule has 1 saturated heterocycles. The van der Waals surface area contributed by atoms with Crippen LogP contribution in [0.15, 0.2) is 18.2 Å². The molecule has 7 nitrogen and oxygen atoms in total. The van der Waals surface area contributed by atoms with Gasteiger partial charge in [0.25, 0.3) is 5.91 Å². The lowest BCUT2D eigenvalue weighted by Gasteiger charge is -2.18. The quantitative estimate of drug-likeness (QED) is 0.742. The van der Waals surface area contributed by atoms with Crippen LogP contribution >= 0.6 is 12.4 Å². The van der Waals surface area contributed by atoms with Gasteiger partial charge in [-0.3, -0.25) is 4.79 Å². The molecule has 0 aromatic heterocycles. The second-order valence-corrected chi connectivity index (χ2v) is 5.92. The maximum absolute atomic E-state index is 12.4. The van der Waals surface area contributed by atoms with Gasteiger partial charge in [0.1, 0.15) is 11.9 Å². The van der Waals surface area contributed by atoms with Crippen LogP contribution in [0.3, 0.4) is 0 Å². The molecule has 1 heterocycles. The number of carbonyl (C=O) groups is 2. The Kier molecular flexibility index (Phi) is 8.15. The summed E-state index contributed by atoms with van der Waals surface area (Å²) >= 11 is 0. The molecular weight excluding hydrogens is 348 g/mol. The number of anilines is 1. The number of amides is 1. The number of nitrogens with one attached hydrogen (secondary N) is 1. The highest BCUT2D eigenvalue weighted by atomic mass is 35.5. The predicted molar refractivity (Wildman–Crippen MR) is 96.4 cm³/mol. The van der Waals surface area contributed by atoms with E-state index >= 15 is 0 Å². The summed E-state index contributed by atoms with van der Waals surface area (Å²) < 4.78 is 16.0. The van der Waals surface area contributed by atoms with Crippen LogP contribution < -0.4 is 15.8 Å². The van der Waals surface area contributed by atoms with Gasteiger partial charge in [0.2, 0.25) is 0 Å². The van der Waals surface area contributed by atoms with Gasteiger partial charge in [-0.05, 0) is 44.9 Å². The predicted octanol–water partition coefficient (Wildman–Crippen LogP) is 2.13. The van der Waals surface area contributed by atoms with E-state index in [-0.39, 0.29) is 30.5 Å². The zero-order valence-corrected chi connectivity index (χ0v) is 15.4. The SMILES string of the molecule is COC(=O)c1ccc(OC(C)C)c(NC(=O)[C@@H]2CC[C@H](CN)O2)c1.Cl. The Bertz CT molecular complexity index is 609. The van der Waals surface area contributed by atoms with E-state index in [9.17, 15) is 9.59 Å². The molecule has 0 bridgehead atoms. The van der Waals surface area contributed by atoms with E-state index in [1.807, 2.05) is 13.8 Å². The molecule has 1 aliphatic rings. The molecule has 1 aliphatic heterocycles. The van der Waals surface area contributed by atoms with E-state index in [1.165, 1.54) is 13.2 Å². The highest BCUT2D eigenvalue weighted by Gasteiger charge is 2.30. The average Bonchev–Trinajstić information content (AvgIpc) is 3.04. The number of esters is 1. The van der Waals surface area contributed by atoms with Gasteiger partial charge in [-0.1, -0.05) is 0 Å². The fraction of sp³-hybridized carbons (Fsp3) is 0.529. The van der Waals surface area contributed by atoms with Crippen LogP contribution in [0.4, 0.5) is 5.69 Å². The molecule has 0 unspecified atom stereocenters. The summed E-state index contributed by atoms with van der Waals surface area (Å²) in [6.07, 6.45) is 0.659. The fourth-order valence-corrected chi connectivity index (χ4v) is 2.51. The molecule has 1 amide bonds. The van der Waals surface area contributed by atoms with E-state index in [1.54, 1.807) is 12.1 Å². The summed E-state index contributed by atoms with van der Waals surface area (Å²) in [6.45, 7) is 4.15. The van der Waals surface area contributed by atoms with Gasteiger partial charge in [-0.2, -0.15) is 0 Å². The zero-order chi connectivity index (χ0) is 17.7. The van der Waals surface area contributed by atoms with E-state index in [4.69, 9.17) is 19.9 Å². The van der Waals surface area contributed by atoms with Crippen molar-refractivity contribution in [3.05, 3.63) is 23.8 Å². The van der Waals surface area contributed by atoms with Gasteiger partial charge in [-0.25, -0.2) is 4.79 Å². The van der Waals surface area contributed by atoms with Crippen molar-refractivity contribution in [1.29, 1.82) is 0 Å². The van der Waals surface area contributed by atoms with Crippen LogP contribution in [-0.2, 0) is 14.3 Å². The molecule has 8 heteroatoms. The first-order valence-corrected chi connectivity index (χ1v) is 8.00. The topological polar surface area (TPSA) is 99.9 Å². The molecule has 0 aliphatic carbocycles. The molecule has 1 aromatic rings.